The predicted molar refractivity (Wildman–Crippen MR) is 105 cm³/mol. The number of nitrogens with one attached hydrogen (secondary N) is 2. The van der Waals surface area contributed by atoms with Crippen molar-refractivity contribution in [2.24, 2.45) is 0 Å². The Balaban J connectivity index is 1.73. The summed E-state index contributed by atoms with van der Waals surface area (Å²) in [7, 11) is 3.47. The molecule has 4 aromatic rings. The van der Waals surface area contributed by atoms with E-state index in [0.29, 0.717) is 5.95 Å². The number of benzene rings is 1. The van der Waals surface area contributed by atoms with Crippen molar-refractivity contribution < 1.29 is 4.74 Å². The third kappa shape index (κ3) is 3.37. The summed E-state index contributed by atoms with van der Waals surface area (Å²) in [5, 5.41) is 6.28. The van der Waals surface area contributed by atoms with Crippen LogP contribution in [0.2, 0.25) is 0 Å². The van der Waals surface area contributed by atoms with Gasteiger partial charge in [-0.1, -0.05) is 0 Å². The Morgan fingerprint density at radius 1 is 1.11 bits per heavy atom. The summed E-state index contributed by atoms with van der Waals surface area (Å²) in [5.74, 6) is 2.01. The molecule has 0 unspecified atom stereocenters. The molecule has 8 heteroatoms. The van der Waals surface area contributed by atoms with Crippen molar-refractivity contribution >= 4 is 23.1 Å². The highest BCUT2D eigenvalue weighted by Crippen LogP contribution is 2.32. The Hall–Kier alpha value is -3.68. The first-order valence-corrected chi connectivity index (χ1v) is 8.44. The van der Waals surface area contributed by atoms with Gasteiger partial charge in [-0.2, -0.15) is 4.98 Å². The number of methoxy groups -OCH3 is 1. The summed E-state index contributed by atoms with van der Waals surface area (Å²) >= 11 is 0. The lowest BCUT2D eigenvalue weighted by Crippen LogP contribution is -2.02. The van der Waals surface area contributed by atoms with Gasteiger partial charge in [0, 0.05) is 48.6 Å². The van der Waals surface area contributed by atoms with Gasteiger partial charge in [0.25, 0.3) is 0 Å². The molecule has 0 bridgehead atoms. The van der Waals surface area contributed by atoms with E-state index in [1.165, 1.54) is 0 Å². The van der Waals surface area contributed by atoms with E-state index in [1.54, 1.807) is 19.5 Å². The van der Waals surface area contributed by atoms with Crippen molar-refractivity contribution in [3.05, 3.63) is 54.7 Å². The maximum absolute atomic E-state index is 5.52. The van der Waals surface area contributed by atoms with Gasteiger partial charge in [0.2, 0.25) is 5.95 Å². The largest absolute Gasteiger partial charge is 0.496 e. The van der Waals surface area contributed by atoms with Gasteiger partial charge in [-0.05, 0) is 25.1 Å². The zero-order valence-corrected chi connectivity index (χ0v) is 15.3. The van der Waals surface area contributed by atoms with Crippen LogP contribution in [-0.2, 0) is 0 Å². The minimum Gasteiger partial charge on any atom is -0.496 e. The van der Waals surface area contributed by atoms with Gasteiger partial charge in [0.05, 0.1) is 19.0 Å². The highest BCUT2D eigenvalue weighted by Gasteiger charge is 2.11. The van der Waals surface area contributed by atoms with Crippen LogP contribution >= 0.6 is 0 Å². The molecule has 0 radical (unpaired) electrons. The van der Waals surface area contributed by atoms with Gasteiger partial charge in [0.1, 0.15) is 11.6 Å². The molecule has 0 saturated carbocycles. The van der Waals surface area contributed by atoms with Crippen LogP contribution in [0.5, 0.6) is 5.75 Å². The van der Waals surface area contributed by atoms with Crippen molar-refractivity contribution in [3.63, 3.8) is 0 Å². The van der Waals surface area contributed by atoms with E-state index in [1.807, 2.05) is 55.0 Å². The molecule has 0 aliphatic carbocycles. The molecule has 3 aromatic heterocycles. The van der Waals surface area contributed by atoms with Crippen LogP contribution in [0.4, 0.5) is 17.5 Å². The number of aromatic nitrogens is 5. The topological polar surface area (TPSA) is 89.3 Å². The smallest absolute Gasteiger partial charge is 0.229 e. The molecule has 8 nitrogen and oxygen atoms in total. The first-order chi connectivity index (χ1) is 13.2. The maximum Gasteiger partial charge on any atom is 0.229 e. The van der Waals surface area contributed by atoms with Crippen molar-refractivity contribution in [1.82, 2.24) is 24.3 Å². The molecule has 0 saturated heterocycles. The summed E-state index contributed by atoms with van der Waals surface area (Å²) in [6.07, 6.45) is 7.28. The monoisotopic (exact) mass is 361 g/mol. The molecule has 1 aromatic carbocycles. The van der Waals surface area contributed by atoms with E-state index < -0.39 is 0 Å². The Kier molecular flexibility index (Phi) is 4.29. The van der Waals surface area contributed by atoms with Crippen LogP contribution in [-0.4, -0.2) is 38.5 Å². The van der Waals surface area contributed by atoms with Crippen LogP contribution in [0.1, 0.15) is 5.69 Å². The summed E-state index contributed by atoms with van der Waals surface area (Å²) in [6.45, 7) is 1.93. The lowest BCUT2D eigenvalue weighted by atomic mass is 10.1. The van der Waals surface area contributed by atoms with Crippen molar-refractivity contribution in [2.45, 2.75) is 6.92 Å². The van der Waals surface area contributed by atoms with Crippen LogP contribution in [0.15, 0.2) is 49.1 Å². The number of ether oxygens (including phenoxy) is 1. The molecule has 0 fully saturated rings. The van der Waals surface area contributed by atoms with Crippen molar-refractivity contribution in [1.29, 1.82) is 0 Å². The lowest BCUT2D eigenvalue weighted by Gasteiger charge is -2.12. The summed E-state index contributed by atoms with van der Waals surface area (Å²) < 4.78 is 7.44. The SMILES string of the molecule is CNc1cc(C)nc(Nc2ccc(OC)c(-c3cn4ccnc4cn3)c2)n1. The maximum atomic E-state index is 5.52. The molecule has 0 amide bonds. The number of anilines is 3. The number of fused-ring (bicyclic) bond motifs is 1. The second-order valence-electron chi connectivity index (χ2n) is 5.97. The quantitative estimate of drug-likeness (QED) is 0.564. The molecule has 0 spiro atoms. The fraction of sp³-hybridized carbons (Fsp3) is 0.158. The third-order valence-corrected chi connectivity index (χ3v) is 4.12. The standard InChI is InChI=1S/C19H19N7O/c1-12-8-17(20-2)25-19(23-12)24-13-4-5-16(27-3)14(9-13)15-11-26-7-6-21-18(26)10-22-15/h4-11H,1-3H3,(H2,20,23,24,25). The van der Waals surface area contributed by atoms with Crippen LogP contribution in [0.3, 0.4) is 0 Å². The minimum atomic E-state index is 0.522. The molecule has 0 aliphatic heterocycles. The number of aryl methyl sites for hydroxylation is 1. The van der Waals surface area contributed by atoms with Gasteiger partial charge in [-0.25, -0.2) is 9.97 Å². The summed E-state index contributed by atoms with van der Waals surface area (Å²) in [6, 6.07) is 7.67. The molecule has 27 heavy (non-hydrogen) atoms. The highest BCUT2D eigenvalue weighted by atomic mass is 16.5. The second kappa shape index (κ2) is 6.91. The Morgan fingerprint density at radius 3 is 2.81 bits per heavy atom. The minimum absolute atomic E-state index is 0.522. The average Bonchev–Trinajstić information content (AvgIpc) is 3.15. The second-order valence-corrected chi connectivity index (χ2v) is 5.97. The fourth-order valence-corrected chi connectivity index (χ4v) is 2.83. The van der Waals surface area contributed by atoms with Gasteiger partial charge in [-0.3, -0.25) is 4.98 Å². The molecular weight excluding hydrogens is 342 g/mol. The van der Waals surface area contributed by atoms with Crippen LogP contribution in [0, 0.1) is 6.92 Å². The number of hydrogen-bond donors (Lipinski definition) is 2. The highest BCUT2D eigenvalue weighted by molar-refractivity contribution is 5.73. The van der Waals surface area contributed by atoms with Crippen LogP contribution < -0.4 is 15.4 Å². The molecule has 0 atom stereocenters. The van der Waals surface area contributed by atoms with E-state index in [-0.39, 0.29) is 0 Å². The number of hydrogen-bond acceptors (Lipinski definition) is 7. The number of nitrogens with zero attached hydrogens (tertiary/aromatic N) is 5. The molecule has 0 aliphatic rings. The molecule has 3 heterocycles. The zero-order valence-electron chi connectivity index (χ0n) is 15.3. The van der Waals surface area contributed by atoms with E-state index in [0.717, 1.165) is 39.9 Å². The van der Waals surface area contributed by atoms with E-state index in [2.05, 4.69) is 30.6 Å². The van der Waals surface area contributed by atoms with Crippen LogP contribution in [0.25, 0.3) is 16.9 Å². The van der Waals surface area contributed by atoms with E-state index >= 15 is 0 Å². The van der Waals surface area contributed by atoms with E-state index in [4.69, 9.17) is 4.74 Å². The first-order valence-electron chi connectivity index (χ1n) is 8.44. The molecule has 136 valence electrons. The lowest BCUT2D eigenvalue weighted by molar-refractivity contribution is 0.416. The van der Waals surface area contributed by atoms with Gasteiger partial charge in [-0.15, -0.1) is 0 Å². The molecular formula is C19H19N7O. The average molecular weight is 361 g/mol. The Bertz CT molecular complexity index is 1110. The first kappa shape index (κ1) is 16.8. The Labute approximate surface area is 156 Å². The predicted octanol–water partition coefficient (Wildman–Crippen LogP) is 3.29. The zero-order chi connectivity index (χ0) is 18.8. The third-order valence-electron chi connectivity index (χ3n) is 4.12. The van der Waals surface area contributed by atoms with Gasteiger partial charge < -0.3 is 19.8 Å². The number of rotatable bonds is 5. The van der Waals surface area contributed by atoms with Gasteiger partial charge >= 0.3 is 0 Å². The van der Waals surface area contributed by atoms with Gasteiger partial charge in [0.15, 0.2) is 5.65 Å². The number of imidazole rings is 1. The van der Waals surface area contributed by atoms with Crippen molar-refractivity contribution in [2.75, 3.05) is 24.8 Å². The summed E-state index contributed by atoms with van der Waals surface area (Å²) in [5.41, 5.74) is 4.14. The molecule has 4 rings (SSSR count). The normalized spacial score (nSPS) is 10.8. The fourth-order valence-electron chi connectivity index (χ4n) is 2.83. The van der Waals surface area contributed by atoms with E-state index in [9.17, 15) is 0 Å². The molecule has 2 N–H and O–H groups in total. The Morgan fingerprint density at radius 2 is 2.00 bits per heavy atom. The summed E-state index contributed by atoms with van der Waals surface area (Å²) in [4.78, 5) is 17.6. The van der Waals surface area contributed by atoms with Crippen molar-refractivity contribution in [3.8, 4) is 17.0 Å².